The predicted molar refractivity (Wildman–Crippen MR) is 76.1 cm³/mol. The Bertz CT molecular complexity index is 382. The van der Waals surface area contributed by atoms with Gasteiger partial charge in [-0.05, 0) is 50.5 Å². The second-order valence-corrected chi connectivity index (χ2v) is 5.75. The van der Waals surface area contributed by atoms with Crippen LogP contribution in [-0.4, -0.2) is 24.6 Å². The Morgan fingerprint density at radius 1 is 1.17 bits per heavy atom. The molecule has 1 N–H and O–H groups in total. The average molecular weight is 245 g/mol. The minimum atomic E-state index is 0.937. The number of hydrogen-bond acceptors (Lipinski definition) is 3. The van der Waals surface area contributed by atoms with Crippen LogP contribution >= 0.6 is 0 Å². The second kappa shape index (κ2) is 5.17. The van der Waals surface area contributed by atoms with Crippen LogP contribution in [0.4, 0.5) is 11.4 Å². The van der Waals surface area contributed by atoms with Gasteiger partial charge < -0.3 is 10.2 Å². The Labute approximate surface area is 110 Å². The molecule has 0 amide bonds. The van der Waals surface area contributed by atoms with E-state index in [0.29, 0.717) is 0 Å². The standard InChI is InChI=1S/C15H23N3/c1-2-17-14-7-15(9-16-8-14)18(10-12-3-4-12)11-13-5-6-13/h7-9,12-13,17H,2-6,10-11H2,1H3. The monoisotopic (exact) mass is 245 g/mol. The van der Waals surface area contributed by atoms with Gasteiger partial charge in [0.2, 0.25) is 0 Å². The third-order valence-electron chi connectivity index (χ3n) is 3.82. The molecule has 3 nitrogen and oxygen atoms in total. The number of pyridine rings is 1. The van der Waals surface area contributed by atoms with Crippen LogP contribution in [0, 0.1) is 11.8 Å². The lowest BCUT2D eigenvalue weighted by atomic mass is 10.2. The maximum absolute atomic E-state index is 4.38. The van der Waals surface area contributed by atoms with E-state index in [-0.39, 0.29) is 0 Å². The molecular weight excluding hydrogens is 222 g/mol. The molecule has 0 unspecified atom stereocenters. The Hall–Kier alpha value is -1.25. The lowest BCUT2D eigenvalue weighted by Gasteiger charge is -2.25. The summed E-state index contributed by atoms with van der Waals surface area (Å²) < 4.78 is 0. The fourth-order valence-electron chi connectivity index (χ4n) is 2.41. The molecule has 3 rings (SSSR count). The predicted octanol–water partition coefficient (Wildman–Crippen LogP) is 3.14. The van der Waals surface area contributed by atoms with Crippen LogP contribution in [0.3, 0.4) is 0 Å². The van der Waals surface area contributed by atoms with Gasteiger partial charge in [-0.15, -0.1) is 0 Å². The summed E-state index contributed by atoms with van der Waals surface area (Å²) in [5.41, 5.74) is 2.44. The molecule has 2 aliphatic rings. The number of hydrogen-bond donors (Lipinski definition) is 1. The van der Waals surface area contributed by atoms with E-state index in [1.165, 1.54) is 44.5 Å². The van der Waals surface area contributed by atoms with Crippen LogP contribution in [0.5, 0.6) is 0 Å². The largest absolute Gasteiger partial charge is 0.384 e. The Morgan fingerprint density at radius 2 is 1.83 bits per heavy atom. The molecular formula is C15H23N3. The molecule has 3 heteroatoms. The first-order chi connectivity index (χ1) is 8.85. The fourth-order valence-corrected chi connectivity index (χ4v) is 2.41. The van der Waals surface area contributed by atoms with Gasteiger partial charge in [0.1, 0.15) is 0 Å². The topological polar surface area (TPSA) is 28.2 Å². The van der Waals surface area contributed by atoms with Gasteiger partial charge in [-0.1, -0.05) is 0 Å². The third-order valence-corrected chi connectivity index (χ3v) is 3.82. The summed E-state index contributed by atoms with van der Waals surface area (Å²) in [6, 6.07) is 2.25. The van der Waals surface area contributed by atoms with E-state index in [1.807, 2.05) is 12.4 Å². The normalized spacial score (nSPS) is 18.7. The summed E-state index contributed by atoms with van der Waals surface area (Å²) in [4.78, 5) is 6.93. The van der Waals surface area contributed by atoms with Crippen molar-refractivity contribution >= 4 is 11.4 Å². The summed E-state index contributed by atoms with van der Waals surface area (Å²) in [6.45, 7) is 5.54. The Kier molecular flexibility index (Phi) is 3.39. The Balaban J connectivity index is 1.71. The molecule has 1 aromatic rings. The molecule has 98 valence electrons. The molecule has 0 radical (unpaired) electrons. The van der Waals surface area contributed by atoms with E-state index < -0.39 is 0 Å². The van der Waals surface area contributed by atoms with E-state index >= 15 is 0 Å². The van der Waals surface area contributed by atoms with Crippen molar-refractivity contribution in [1.29, 1.82) is 0 Å². The van der Waals surface area contributed by atoms with Crippen molar-refractivity contribution < 1.29 is 0 Å². The zero-order chi connectivity index (χ0) is 12.4. The summed E-state index contributed by atoms with van der Waals surface area (Å²) in [7, 11) is 0. The summed E-state index contributed by atoms with van der Waals surface area (Å²) in [6.07, 6.45) is 9.61. The molecule has 0 bridgehead atoms. The van der Waals surface area contributed by atoms with Crippen molar-refractivity contribution in [1.82, 2.24) is 4.98 Å². The minimum absolute atomic E-state index is 0.937. The highest BCUT2D eigenvalue weighted by molar-refractivity contribution is 5.55. The maximum atomic E-state index is 4.38. The van der Waals surface area contributed by atoms with Crippen LogP contribution in [0.2, 0.25) is 0 Å². The SMILES string of the molecule is CCNc1cncc(N(CC2CC2)CC2CC2)c1. The number of nitrogens with zero attached hydrogens (tertiary/aromatic N) is 2. The molecule has 0 saturated heterocycles. The van der Waals surface area contributed by atoms with Crippen LogP contribution < -0.4 is 10.2 Å². The first-order valence-electron chi connectivity index (χ1n) is 7.29. The molecule has 0 aliphatic heterocycles. The van der Waals surface area contributed by atoms with Gasteiger partial charge in [0, 0.05) is 19.6 Å². The van der Waals surface area contributed by atoms with E-state index in [1.54, 1.807) is 0 Å². The lowest BCUT2D eigenvalue weighted by molar-refractivity contribution is 0.678. The molecule has 18 heavy (non-hydrogen) atoms. The van der Waals surface area contributed by atoms with Crippen molar-refractivity contribution in [2.24, 2.45) is 11.8 Å². The maximum Gasteiger partial charge on any atom is 0.0573 e. The third kappa shape index (κ3) is 3.15. The van der Waals surface area contributed by atoms with Gasteiger partial charge in [0.25, 0.3) is 0 Å². The minimum Gasteiger partial charge on any atom is -0.384 e. The van der Waals surface area contributed by atoms with Gasteiger partial charge in [-0.3, -0.25) is 4.98 Å². The van der Waals surface area contributed by atoms with Crippen molar-refractivity contribution in [3.05, 3.63) is 18.5 Å². The first-order valence-corrected chi connectivity index (χ1v) is 7.29. The molecule has 1 aromatic heterocycles. The molecule has 1 heterocycles. The highest BCUT2D eigenvalue weighted by atomic mass is 15.1. The van der Waals surface area contributed by atoms with Crippen molar-refractivity contribution in [3.63, 3.8) is 0 Å². The van der Waals surface area contributed by atoms with Crippen LogP contribution in [0.25, 0.3) is 0 Å². The van der Waals surface area contributed by atoms with Crippen molar-refractivity contribution in [2.75, 3.05) is 29.9 Å². The quantitative estimate of drug-likeness (QED) is 0.800. The van der Waals surface area contributed by atoms with E-state index in [9.17, 15) is 0 Å². The first kappa shape index (κ1) is 11.8. The van der Waals surface area contributed by atoms with Gasteiger partial charge in [-0.2, -0.15) is 0 Å². The van der Waals surface area contributed by atoms with Crippen LogP contribution in [0.15, 0.2) is 18.5 Å². The Morgan fingerprint density at radius 3 is 2.39 bits per heavy atom. The molecule has 2 fully saturated rings. The van der Waals surface area contributed by atoms with E-state index in [4.69, 9.17) is 0 Å². The molecule has 2 aliphatic carbocycles. The number of rotatable bonds is 7. The van der Waals surface area contributed by atoms with E-state index in [2.05, 4.69) is 28.2 Å². The van der Waals surface area contributed by atoms with Gasteiger partial charge in [0.15, 0.2) is 0 Å². The molecule has 2 saturated carbocycles. The molecule has 0 aromatic carbocycles. The lowest BCUT2D eigenvalue weighted by Crippen LogP contribution is -2.28. The number of anilines is 2. The van der Waals surface area contributed by atoms with Crippen LogP contribution in [0.1, 0.15) is 32.6 Å². The summed E-state index contributed by atoms with van der Waals surface area (Å²) >= 11 is 0. The zero-order valence-electron chi connectivity index (χ0n) is 11.2. The highest BCUT2D eigenvalue weighted by Gasteiger charge is 2.29. The fraction of sp³-hybridized carbons (Fsp3) is 0.667. The second-order valence-electron chi connectivity index (χ2n) is 5.75. The summed E-state index contributed by atoms with van der Waals surface area (Å²) in [5, 5.41) is 3.35. The van der Waals surface area contributed by atoms with Gasteiger partial charge in [-0.25, -0.2) is 0 Å². The van der Waals surface area contributed by atoms with Gasteiger partial charge in [0.05, 0.1) is 23.8 Å². The molecule has 0 atom stereocenters. The highest BCUT2D eigenvalue weighted by Crippen LogP contribution is 2.35. The van der Waals surface area contributed by atoms with Crippen LogP contribution in [-0.2, 0) is 0 Å². The van der Waals surface area contributed by atoms with Gasteiger partial charge >= 0.3 is 0 Å². The average Bonchev–Trinajstić information content (AvgIpc) is 3.24. The number of nitrogens with one attached hydrogen (secondary N) is 1. The van der Waals surface area contributed by atoms with E-state index in [0.717, 1.165) is 24.1 Å². The molecule has 0 spiro atoms. The van der Waals surface area contributed by atoms with Crippen molar-refractivity contribution in [2.45, 2.75) is 32.6 Å². The smallest absolute Gasteiger partial charge is 0.0573 e. The zero-order valence-corrected chi connectivity index (χ0v) is 11.2. The van der Waals surface area contributed by atoms with Crippen molar-refractivity contribution in [3.8, 4) is 0 Å². The number of aromatic nitrogens is 1. The summed E-state index contributed by atoms with van der Waals surface area (Å²) in [5.74, 6) is 1.87.